The van der Waals surface area contributed by atoms with Gasteiger partial charge in [0.05, 0.1) is 11.5 Å². The van der Waals surface area contributed by atoms with Crippen LogP contribution in [0.4, 0.5) is 0 Å². The lowest BCUT2D eigenvalue weighted by Gasteiger charge is -2.25. The quantitative estimate of drug-likeness (QED) is 0.690. The third kappa shape index (κ3) is 5.21. The van der Waals surface area contributed by atoms with Crippen LogP contribution in [0.15, 0.2) is 29.2 Å². The van der Waals surface area contributed by atoms with E-state index in [-0.39, 0.29) is 4.90 Å². The van der Waals surface area contributed by atoms with Crippen LogP contribution in [0.25, 0.3) is 0 Å². The summed E-state index contributed by atoms with van der Waals surface area (Å²) >= 11 is 0. The molecule has 1 aliphatic carbocycles. The van der Waals surface area contributed by atoms with E-state index in [0.717, 1.165) is 19.3 Å². The van der Waals surface area contributed by atoms with E-state index in [1.807, 2.05) is 4.90 Å². The highest BCUT2D eigenvalue weighted by atomic mass is 32.2. The number of carboxylic acids is 1. The van der Waals surface area contributed by atoms with Crippen molar-refractivity contribution in [1.29, 1.82) is 0 Å². The number of ether oxygens (including phenoxy) is 1. The maximum absolute atomic E-state index is 11.4. The molecule has 0 heterocycles. The molecule has 1 N–H and O–H groups in total. The molecular weight excluding hydrogens is 318 g/mol. The Kier molecular flexibility index (Phi) is 5.64. The second-order valence-corrected chi connectivity index (χ2v) is 7.94. The number of carboxylic acid groups (broad SMARTS) is 1. The Balaban J connectivity index is 1.79. The fraction of sp³-hybridized carbons (Fsp3) is 0.562. The Labute approximate surface area is 137 Å². The predicted octanol–water partition coefficient (Wildman–Crippen LogP) is 1.80. The Morgan fingerprint density at radius 2 is 1.96 bits per heavy atom. The third-order valence-corrected chi connectivity index (χ3v) is 5.08. The van der Waals surface area contributed by atoms with Crippen LogP contribution in [0.3, 0.4) is 0 Å². The van der Waals surface area contributed by atoms with Crippen LogP contribution in [0.5, 0.6) is 5.75 Å². The van der Waals surface area contributed by atoms with Gasteiger partial charge >= 0.3 is 5.97 Å². The Morgan fingerprint density at radius 3 is 2.43 bits per heavy atom. The molecule has 1 saturated carbocycles. The summed E-state index contributed by atoms with van der Waals surface area (Å²) in [6.07, 6.45) is 4.01. The van der Waals surface area contributed by atoms with Crippen LogP contribution in [-0.2, 0) is 14.6 Å². The van der Waals surface area contributed by atoms with Crippen LogP contribution >= 0.6 is 0 Å². The topological polar surface area (TPSA) is 83.9 Å². The molecule has 1 aromatic rings. The summed E-state index contributed by atoms with van der Waals surface area (Å²) in [5.74, 6) is -0.184. The number of sulfone groups is 1. The van der Waals surface area contributed by atoms with Gasteiger partial charge in [-0.3, -0.25) is 9.69 Å². The molecular formula is C16H23NO5S. The van der Waals surface area contributed by atoms with Gasteiger partial charge in [-0.15, -0.1) is 0 Å². The van der Waals surface area contributed by atoms with Crippen molar-refractivity contribution in [3.63, 3.8) is 0 Å². The van der Waals surface area contributed by atoms with Gasteiger partial charge in [-0.05, 0) is 50.5 Å². The molecule has 1 aliphatic rings. The summed E-state index contributed by atoms with van der Waals surface area (Å²) in [5.41, 5.74) is 0. The fourth-order valence-electron chi connectivity index (χ4n) is 2.46. The van der Waals surface area contributed by atoms with Gasteiger partial charge in [0.2, 0.25) is 0 Å². The van der Waals surface area contributed by atoms with E-state index in [9.17, 15) is 13.2 Å². The second-order valence-electron chi connectivity index (χ2n) is 5.93. The maximum Gasteiger partial charge on any atom is 0.320 e. The van der Waals surface area contributed by atoms with E-state index in [1.165, 1.54) is 18.4 Å². The van der Waals surface area contributed by atoms with Gasteiger partial charge in [0.15, 0.2) is 9.84 Å². The zero-order valence-electron chi connectivity index (χ0n) is 13.4. The minimum atomic E-state index is -3.19. The highest BCUT2D eigenvalue weighted by Gasteiger charge is 2.34. The monoisotopic (exact) mass is 341 g/mol. The molecule has 23 heavy (non-hydrogen) atoms. The van der Waals surface area contributed by atoms with Crippen LogP contribution in [0.2, 0.25) is 0 Å². The van der Waals surface area contributed by atoms with Gasteiger partial charge in [-0.25, -0.2) is 8.42 Å². The molecule has 2 rings (SSSR count). The molecule has 1 atom stereocenters. The average Bonchev–Trinajstić information content (AvgIpc) is 3.30. The number of hydrogen-bond donors (Lipinski definition) is 1. The summed E-state index contributed by atoms with van der Waals surface area (Å²) in [6, 6.07) is 6.22. The van der Waals surface area contributed by atoms with Crippen LogP contribution in [0.1, 0.15) is 26.2 Å². The standard InChI is InChI=1S/C16H23NO5S/c1-12(16(18)19)17(13-4-5-13)10-3-11-22-14-6-8-15(9-7-14)23(2,20)21/h6-9,12-13H,3-5,10-11H2,1-2H3,(H,18,19). The molecule has 128 valence electrons. The first-order chi connectivity index (χ1) is 10.8. The second kappa shape index (κ2) is 7.31. The van der Waals surface area contributed by atoms with Gasteiger partial charge < -0.3 is 9.84 Å². The minimum Gasteiger partial charge on any atom is -0.494 e. The molecule has 7 heteroatoms. The molecule has 0 amide bonds. The van der Waals surface area contributed by atoms with Crippen molar-refractivity contribution in [2.45, 2.75) is 43.2 Å². The van der Waals surface area contributed by atoms with E-state index in [1.54, 1.807) is 19.1 Å². The maximum atomic E-state index is 11.4. The lowest BCUT2D eigenvalue weighted by molar-refractivity contribution is -0.142. The van der Waals surface area contributed by atoms with E-state index < -0.39 is 21.8 Å². The van der Waals surface area contributed by atoms with Gasteiger partial charge in [-0.2, -0.15) is 0 Å². The van der Waals surface area contributed by atoms with E-state index >= 15 is 0 Å². The van der Waals surface area contributed by atoms with Crippen molar-refractivity contribution in [2.75, 3.05) is 19.4 Å². The molecule has 6 nitrogen and oxygen atoms in total. The van der Waals surface area contributed by atoms with Gasteiger partial charge in [0, 0.05) is 18.8 Å². The average molecular weight is 341 g/mol. The predicted molar refractivity (Wildman–Crippen MR) is 86.5 cm³/mol. The normalized spacial score (nSPS) is 16.3. The van der Waals surface area contributed by atoms with Crippen LogP contribution < -0.4 is 4.74 Å². The molecule has 1 unspecified atom stereocenters. The van der Waals surface area contributed by atoms with Gasteiger partial charge in [0.25, 0.3) is 0 Å². The first-order valence-electron chi connectivity index (χ1n) is 7.70. The molecule has 0 bridgehead atoms. The first kappa shape index (κ1) is 17.7. The van der Waals surface area contributed by atoms with Crippen molar-refractivity contribution >= 4 is 15.8 Å². The fourth-order valence-corrected chi connectivity index (χ4v) is 3.09. The van der Waals surface area contributed by atoms with Crippen LogP contribution in [0, 0.1) is 0 Å². The highest BCUT2D eigenvalue weighted by Crippen LogP contribution is 2.28. The number of rotatable bonds is 9. The van der Waals surface area contributed by atoms with Crippen molar-refractivity contribution in [1.82, 2.24) is 4.90 Å². The van der Waals surface area contributed by atoms with E-state index in [2.05, 4.69) is 0 Å². The SMILES string of the molecule is CC(C(=O)O)N(CCCOc1ccc(S(C)(=O)=O)cc1)C1CC1. The summed E-state index contributed by atoms with van der Waals surface area (Å²) in [4.78, 5) is 13.4. The zero-order chi connectivity index (χ0) is 17.0. The molecule has 0 radical (unpaired) electrons. The molecule has 1 aromatic carbocycles. The number of nitrogens with zero attached hydrogens (tertiary/aromatic N) is 1. The number of benzene rings is 1. The lowest BCUT2D eigenvalue weighted by atomic mass is 10.2. The lowest BCUT2D eigenvalue weighted by Crippen LogP contribution is -2.41. The van der Waals surface area contributed by atoms with Crippen molar-refractivity contribution in [3.05, 3.63) is 24.3 Å². The summed E-state index contributed by atoms with van der Waals surface area (Å²) in [6.45, 7) is 2.86. The molecule has 1 fully saturated rings. The summed E-state index contributed by atoms with van der Waals surface area (Å²) < 4.78 is 28.3. The Hall–Kier alpha value is -1.60. The largest absolute Gasteiger partial charge is 0.494 e. The molecule has 0 aliphatic heterocycles. The van der Waals surface area contributed by atoms with E-state index in [0.29, 0.717) is 24.9 Å². The first-order valence-corrected chi connectivity index (χ1v) is 9.59. The molecule has 0 saturated heterocycles. The number of hydrogen-bond acceptors (Lipinski definition) is 5. The Bertz CT molecular complexity index is 637. The smallest absolute Gasteiger partial charge is 0.320 e. The molecule has 0 spiro atoms. The number of aliphatic carboxylic acids is 1. The van der Waals surface area contributed by atoms with E-state index in [4.69, 9.17) is 9.84 Å². The van der Waals surface area contributed by atoms with Crippen LogP contribution in [-0.4, -0.2) is 55.9 Å². The zero-order valence-corrected chi connectivity index (χ0v) is 14.3. The molecule has 0 aromatic heterocycles. The third-order valence-electron chi connectivity index (χ3n) is 3.95. The minimum absolute atomic E-state index is 0.264. The van der Waals surface area contributed by atoms with Crippen molar-refractivity contribution in [3.8, 4) is 5.75 Å². The Morgan fingerprint density at radius 1 is 1.35 bits per heavy atom. The van der Waals surface area contributed by atoms with Crippen molar-refractivity contribution in [2.24, 2.45) is 0 Å². The highest BCUT2D eigenvalue weighted by molar-refractivity contribution is 7.90. The van der Waals surface area contributed by atoms with Crippen molar-refractivity contribution < 1.29 is 23.1 Å². The van der Waals surface area contributed by atoms with Gasteiger partial charge in [-0.1, -0.05) is 0 Å². The summed E-state index contributed by atoms with van der Waals surface area (Å²) in [5, 5.41) is 9.13. The summed E-state index contributed by atoms with van der Waals surface area (Å²) in [7, 11) is -3.19. The number of carbonyl (C=O) groups is 1. The van der Waals surface area contributed by atoms with Gasteiger partial charge in [0.1, 0.15) is 11.8 Å².